The van der Waals surface area contributed by atoms with Crippen LogP contribution in [0.5, 0.6) is 11.5 Å². The third-order valence-corrected chi connectivity index (χ3v) is 4.58. The van der Waals surface area contributed by atoms with Crippen LogP contribution in [0.25, 0.3) is 11.2 Å². The predicted molar refractivity (Wildman–Crippen MR) is 96.1 cm³/mol. The Hall–Kier alpha value is -2.94. The van der Waals surface area contributed by atoms with Crippen molar-refractivity contribution >= 4 is 17.0 Å². The molecule has 1 aliphatic rings. The molecule has 0 radical (unpaired) electrons. The molecule has 9 heteroatoms. The van der Waals surface area contributed by atoms with E-state index in [9.17, 15) is 9.50 Å². The van der Waals surface area contributed by atoms with Crippen molar-refractivity contribution < 1.29 is 19.0 Å². The summed E-state index contributed by atoms with van der Waals surface area (Å²) in [6.45, 7) is 0.992. The Morgan fingerprint density at radius 2 is 2.26 bits per heavy atom. The number of aromatic nitrogens is 4. The molecule has 142 valence electrons. The average Bonchev–Trinajstić information content (AvgIpc) is 3.11. The molecular weight excluding hydrogens is 353 g/mol. The molecule has 1 fully saturated rings. The van der Waals surface area contributed by atoms with Gasteiger partial charge in [0.2, 0.25) is 0 Å². The molecule has 0 amide bonds. The van der Waals surface area contributed by atoms with E-state index in [0.717, 1.165) is 24.8 Å². The number of fused-ring (bicyclic) bond motifs is 1. The first-order chi connectivity index (χ1) is 13.2. The number of phenolic OH excluding ortho intramolecular Hbond substituents is 1. The van der Waals surface area contributed by atoms with E-state index in [1.165, 1.54) is 13.2 Å². The Balaban J connectivity index is 1.63. The minimum absolute atomic E-state index is 0.109. The number of aromatic hydroxyl groups is 1. The summed E-state index contributed by atoms with van der Waals surface area (Å²) in [7, 11) is 1.52. The van der Waals surface area contributed by atoms with Gasteiger partial charge in [-0.25, -0.2) is 4.98 Å². The lowest BCUT2D eigenvalue weighted by atomic mass is 10.2. The molecule has 2 aromatic heterocycles. The molecule has 4 rings (SSSR count). The molecule has 27 heavy (non-hydrogen) atoms. The van der Waals surface area contributed by atoms with Crippen molar-refractivity contribution in [3.8, 4) is 11.5 Å². The number of nitrogens with zero attached hydrogens (tertiary/aromatic N) is 4. The zero-order valence-electron chi connectivity index (χ0n) is 14.9. The summed E-state index contributed by atoms with van der Waals surface area (Å²) in [4.78, 5) is 12.1. The first-order valence-electron chi connectivity index (χ1n) is 8.77. The molecule has 3 aromatic rings. The molecule has 8 nitrogen and oxygen atoms in total. The highest BCUT2D eigenvalue weighted by molar-refractivity contribution is 5.82. The van der Waals surface area contributed by atoms with Gasteiger partial charge in [-0.3, -0.25) is 4.57 Å². The fourth-order valence-corrected chi connectivity index (χ4v) is 3.23. The molecule has 0 aliphatic carbocycles. The number of nitrogens with one attached hydrogen (secondary N) is 1. The van der Waals surface area contributed by atoms with Crippen LogP contribution in [-0.4, -0.2) is 38.3 Å². The number of phenols is 1. The van der Waals surface area contributed by atoms with Gasteiger partial charge >= 0.3 is 6.08 Å². The second-order valence-electron chi connectivity index (χ2n) is 6.34. The molecule has 1 aromatic carbocycles. The third kappa shape index (κ3) is 3.50. The summed E-state index contributed by atoms with van der Waals surface area (Å²) >= 11 is 0. The third-order valence-electron chi connectivity index (χ3n) is 4.58. The quantitative estimate of drug-likeness (QED) is 0.664. The molecule has 1 saturated heterocycles. The maximum absolute atomic E-state index is 14.0. The van der Waals surface area contributed by atoms with Crippen molar-refractivity contribution in [1.82, 2.24) is 19.5 Å². The van der Waals surface area contributed by atoms with E-state index in [-0.39, 0.29) is 12.0 Å². The smallest absolute Gasteiger partial charge is 0.312 e. The van der Waals surface area contributed by atoms with Gasteiger partial charge in [-0.15, -0.1) is 0 Å². The number of methoxy groups -OCH3 is 1. The van der Waals surface area contributed by atoms with E-state index >= 15 is 0 Å². The molecule has 1 aliphatic heterocycles. The molecule has 1 atom stereocenters. The van der Waals surface area contributed by atoms with E-state index in [4.69, 9.17) is 9.47 Å². The lowest BCUT2D eigenvalue weighted by Gasteiger charge is -2.23. The van der Waals surface area contributed by atoms with Crippen LogP contribution in [0.4, 0.5) is 10.2 Å². The zero-order chi connectivity index (χ0) is 18.8. The normalized spacial score (nSPS) is 17.2. The van der Waals surface area contributed by atoms with E-state index in [0.29, 0.717) is 35.9 Å². The minimum atomic E-state index is -0.833. The molecule has 0 spiro atoms. The largest absolute Gasteiger partial charge is 0.508 e. The van der Waals surface area contributed by atoms with Crippen LogP contribution in [0.2, 0.25) is 0 Å². The maximum Gasteiger partial charge on any atom is 0.312 e. The predicted octanol–water partition coefficient (Wildman–Crippen LogP) is 2.99. The van der Waals surface area contributed by atoms with Crippen LogP contribution < -0.4 is 10.1 Å². The van der Waals surface area contributed by atoms with Gasteiger partial charge < -0.3 is 19.9 Å². The summed E-state index contributed by atoms with van der Waals surface area (Å²) in [6, 6.07) is 4.80. The SMILES string of the molecule is COc1cc(O)ccc1CNc1nc(F)nc2c1ncn2C1CCCCO1. The number of benzene rings is 1. The van der Waals surface area contributed by atoms with Gasteiger partial charge in [0.05, 0.1) is 13.4 Å². The highest BCUT2D eigenvalue weighted by Crippen LogP contribution is 2.29. The molecule has 3 heterocycles. The van der Waals surface area contributed by atoms with Crippen molar-refractivity contribution in [2.45, 2.75) is 32.0 Å². The van der Waals surface area contributed by atoms with Gasteiger partial charge in [-0.05, 0) is 31.4 Å². The number of hydrogen-bond acceptors (Lipinski definition) is 7. The van der Waals surface area contributed by atoms with E-state index in [1.54, 1.807) is 23.0 Å². The average molecular weight is 373 g/mol. The first-order valence-corrected chi connectivity index (χ1v) is 8.77. The van der Waals surface area contributed by atoms with Gasteiger partial charge in [0.25, 0.3) is 0 Å². The molecule has 0 bridgehead atoms. The van der Waals surface area contributed by atoms with Crippen molar-refractivity contribution in [1.29, 1.82) is 0 Å². The summed E-state index contributed by atoms with van der Waals surface area (Å²) in [6.07, 6.45) is 3.49. The van der Waals surface area contributed by atoms with Crippen LogP contribution in [0.3, 0.4) is 0 Å². The lowest BCUT2D eigenvalue weighted by Crippen LogP contribution is -2.18. The number of anilines is 1. The van der Waals surface area contributed by atoms with E-state index in [2.05, 4.69) is 20.3 Å². The van der Waals surface area contributed by atoms with Gasteiger partial charge in [0, 0.05) is 24.8 Å². The van der Waals surface area contributed by atoms with Crippen LogP contribution >= 0.6 is 0 Å². The van der Waals surface area contributed by atoms with Crippen LogP contribution in [0, 0.1) is 6.08 Å². The van der Waals surface area contributed by atoms with E-state index < -0.39 is 6.08 Å². The number of halogens is 1. The van der Waals surface area contributed by atoms with Gasteiger partial charge in [-0.1, -0.05) is 0 Å². The number of imidazole rings is 1. The second kappa shape index (κ2) is 7.36. The number of rotatable bonds is 5. The maximum atomic E-state index is 14.0. The van der Waals surface area contributed by atoms with Gasteiger partial charge in [0.1, 0.15) is 17.7 Å². The summed E-state index contributed by atoms with van der Waals surface area (Å²) in [5.74, 6) is 0.925. The van der Waals surface area contributed by atoms with Gasteiger partial charge in [0.15, 0.2) is 17.0 Å². The highest BCUT2D eigenvalue weighted by atomic mass is 19.1. The van der Waals surface area contributed by atoms with Gasteiger partial charge in [-0.2, -0.15) is 14.4 Å². The Labute approximate surface area is 155 Å². The molecule has 2 N–H and O–H groups in total. The fraction of sp³-hybridized carbons (Fsp3) is 0.389. The number of ether oxygens (including phenoxy) is 2. The highest BCUT2D eigenvalue weighted by Gasteiger charge is 2.21. The Morgan fingerprint density at radius 3 is 3.04 bits per heavy atom. The van der Waals surface area contributed by atoms with Crippen molar-refractivity contribution in [3.63, 3.8) is 0 Å². The zero-order valence-corrected chi connectivity index (χ0v) is 14.9. The standard InChI is InChI=1S/C18H20FN5O3/c1-26-13-8-12(25)6-5-11(13)9-20-16-15-17(23-18(19)22-16)24(10-21-15)14-4-2-3-7-27-14/h5-6,8,10,14,25H,2-4,7,9H2,1H3,(H,20,22,23). The van der Waals surface area contributed by atoms with Crippen LogP contribution in [0.15, 0.2) is 24.5 Å². The summed E-state index contributed by atoms with van der Waals surface area (Å²) < 4.78 is 26.8. The Morgan fingerprint density at radius 1 is 1.37 bits per heavy atom. The van der Waals surface area contributed by atoms with Crippen molar-refractivity contribution in [2.75, 3.05) is 19.0 Å². The molecule has 1 unspecified atom stereocenters. The Bertz CT molecular complexity index is 956. The topological polar surface area (TPSA) is 94.3 Å². The fourth-order valence-electron chi connectivity index (χ4n) is 3.23. The second-order valence-corrected chi connectivity index (χ2v) is 6.34. The molecule has 0 saturated carbocycles. The van der Waals surface area contributed by atoms with E-state index in [1.807, 2.05) is 0 Å². The monoisotopic (exact) mass is 373 g/mol. The Kier molecular flexibility index (Phi) is 4.76. The molecular formula is C18H20FN5O3. The number of hydrogen-bond donors (Lipinski definition) is 2. The minimum Gasteiger partial charge on any atom is -0.508 e. The van der Waals surface area contributed by atoms with Crippen LogP contribution in [0.1, 0.15) is 31.1 Å². The lowest BCUT2D eigenvalue weighted by molar-refractivity contribution is -0.0298. The summed E-state index contributed by atoms with van der Waals surface area (Å²) in [5.41, 5.74) is 1.66. The van der Waals surface area contributed by atoms with Crippen molar-refractivity contribution in [2.24, 2.45) is 0 Å². The van der Waals surface area contributed by atoms with Crippen molar-refractivity contribution in [3.05, 3.63) is 36.2 Å². The van der Waals surface area contributed by atoms with Crippen LogP contribution in [-0.2, 0) is 11.3 Å². The first kappa shape index (κ1) is 17.5. The summed E-state index contributed by atoms with van der Waals surface area (Å²) in [5, 5.41) is 12.6.